The topological polar surface area (TPSA) is 130 Å². The molecule has 9 heteroatoms. The Kier molecular flexibility index (Phi) is 6.12. The number of nitrogen functional groups attached to an aromatic ring is 1. The van der Waals surface area contributed by atoms with Crippen molar-refractivity contribution < 1.29 is 28.2 Å². The molecule has 0 saturated carbocycles. The highest BCUT2D eigenvalue weighted by Crippen LogP contribution is 2.36. The summed E-state index contributed by atoms with van der Waals surface area (Å²) in [6.45, 7) is 1.86. The summed E-state index contributed by atoms with van der Waals surface area (Å²) in [5.74, 6) is -0.228. The normalized spacial score (nSPS) is 12.0. The average molecular weight is 448 g/mol. The minimum atomic E-state index is -0.828. The van der Waals surface area contributed by atoms with E-state index < -0.39 is 17.5 Å². The maximum absolute atomic E-state index is 12.5. The van der Waals surface area contributed by atoms with Crippen LogP contribution in [0.3, 0.4) is 0 Å². The molecule has 1 aromatic heterocycles. The molecule has 0 atom stereocenters. The minimum absolute atomic E-state index is 0.0321. The second-order valence-corrected chi connectivity index (χ2v) is 6.93. The second-order valence-electron chi connectivity index (χ2n) is 6.93. The molecule has 3 N–H and O–H groups in total. The van der Waals surface area contributed by atoms with Crippen LogP contribution < -0.4 is 26.1 Å². The fourth-order valence-electron chi connectivity index (χ4n) is 3.13. The monoisotopic (exact) mass is 448 g/mol. The number of nitrogens with one attached hydrogen (secondary N) is 1. The molecule has 1 aliphatic heterocycles. The Balaban J connectivity index is 1.68. The Bertz CT molecular complexity index is 1300. The van der Waals surface area contributed by atoms with E-state index in [9.17, 15) is 14.4 Å². The summed E-state index contributed by atoms with van der Waals surface area (Å²) < 4.78 is 21.1. The van der Waals surface area contributed by atoms with E-state index in [0.29, 0.717) is 28.3 Å². The van der Waals surface area contributed by atoms with Crippen LogP contribution in [0, 0.1) is 0 Å². The summed E-state index contributed by atoms with van der Waals surface area (Å²) in [7, 11) is 0. The lowest BCUT2D eigenvalue weighted by molar-refractivity contribution is 0.0522. The van der Waals surface area contributed by atoms with Crippen molar-refractivity contribution >= 4 is 35.4 Å². The summed E-state index contributed by atoms with van der Waals surface area (Å²) in [6.07, 6.45) is 2.99. The van der Waals surface area contributed by atoms with E-state index in [-0.39, 0.29) is 30.4 Å². The number of rotatable bonds is 6. The Hall–Kier alpha value is -4.53. The number of benzene rings is 2. The van der Waals surface area contributed by atoms with Gasteiger partial charge in [-0.3, -0.25) is 4.79 Å². The maximum Gasteiger partial charge on any atom is 0.360 e. The molecular formula is C24H20N2O7. The number of carbonyl (C=O) groups is 2. The predicted molar refractivity (Wildman–Crippen MR) is 121 cm³/mol. The van der Waals surface area contributed by atoms with Gasteiger partial charge >= 0.3 is 11.6 Å². The van der Waals surface area contributed by atoms with Gasteiger partial charge in [-0.05, 0) is 43.3 Å². The number of esters is 1. The number of carbonyl (C=O) groups excluding carboxylic acids is 2. The Labute approximate surface area is 188 Å². The van der Waals surface area contributed by atoms with E-state index in [4.69, 9.17) is 24.4 Å². The van der Waals surface area contributed by atoms with Crippen LogP contribution in [0.4, 0.5) is 11.4 Å². The molecule has 2 aromatic carbocycles. The largest absolute Gasteiger partial charge is 0.462 e. The van der Waals surface area contributed by atoms with Crippen molar-refractivity contribution in [3.63, 3.8) is 0 Å². The molecule has 1 aliphatic rings. The zero-order chi connectivity index (χ0) is 23.4. The van der Waals surface area contributed by atoms with E-state index in [1.54, 1.807) is 55.5 Å². The molecule has 0 spiro atoms. The van der Waals surface area contributed by atoms with E-state index in [0.717, 1.165) is 0 Å². The lowest BCUT2D eigenvalue weighted by atomic mass is 10.1. The lowest BCUT2D eigenvalue weighted by Gasteiger charge is -2.09. The van der Waals surface area contributed by atoms with Gasteiger partial charge in [0, 0.05) is 22.9 Å². The summed E-state index contributed by atoms with van der Waals surface area (Å²) >= 11 is 0. The quantitative estimate of drug-likeness (QED) is 0.433. The second kappa shape index (κ2) is 9.31. The fraction of sp³-hybridized carbons (Fsp3) is 0.125. The number of hydrogen-bond donors (Lipinski definition) is 2. The molecular weight excluding hydrogens is 428 g/mol. The highest BCUT2D eigenvalue weighted by molar-refractivity contribution is 6.05. The Morgan fingerprint density at radius 1 is 1.09 bits per heavy atom. The van der Waals surface area contributed by atoms with Crippen LogP contribution in [0.1, 0.15) is 39.0 Å². The SMILES string of the molecule is CCOC(=O)c1cc(NC(=O)c2ccccc2)c(=O)oc1/C=C/c1cc2c(cc1N)OCO2. The van der Waals surface area contributed by atoms with Gasteiger partial charge in [0.2, 0.25) is 6.79 Å². The van der Waals surface area contributed by atoms with Crippen molar-refractivity contribution in [1.29, 1.82) is 0 Å². The first kappa shape index (κ1) is 21.7. The zero-order valence-electron chi connectivity index (χ0n) is 17.6. The summed E-state index contributed by atoms with van der Waals surface area (Å²) in [4.78, 5) is 37.5. The molecule has 168 valence electrons. The third-order valence-corrected chi connectivity index (χ3v) is 4.75. The van der Waals surface area contributed by atoms with Gasteiger partial charge in [0.05, 0.1) is 6.61 Å². The first-order chi connectivity index (χ1) is 16.0. The number of hydrogen-bond acceptors (Lipinski definition) is 8. The molecule has 0 saturated heterocycles. The standard InChI is InChI=1S/C24H20N2O7/c1-2-30-23(28)16-11-18(26-22(27)14-6-4-3-5-7-14)24(29)33-19(16)9-8-15-10-20-21(12-17(15)25)32-13-31-20/h3-12H,2,13,25H2,1H3,(H,26,27)/b9-8+. The van der Waals surface area contributed by atoms with E-state index in [2.05, 4.69) is 5.32 Å². The van der Waals surface area contributed by atoms with Crippen LogP contribution in [-0.2, 0) is 4.74 Å². The third kappa shape index (κ3) is 4.72. The van der Waals surface area contributed by atoms with Crippen molar-refractivity contribution in [2.45, 2.75) is 6.92 Å². The van der Waals surface area contributed by atoms with Crippen molar-refractivity contribution in [1.82, 2.24) is 0 Å². The molecule has 0 bridgehead atoms. The zero-order valence-corrected chi connectivity index (χ0v) is 17.6. The molecule has 0 unspecified atom stereocenters. The van der Waals surface area contributed by atoms with E-state index in [1.807, 2.05) is 0 Å². The number of ether oxygens (including phenoxy) is 3. The number of fused-ring (bicyclic) bond motifs is 1. The summed E-state index contributed by atoms with van der Waals surface area (Å²) in [5, 5.41) is 2.47. The van der Waals surface area contributed by atoms with Gasteiger partial charge in [-0.15, -0.1) is 0 Å². The highest BCUT2D eigenvalue weighted by Gasteiger charge is 2.20. The first-order valence-electron chi connectivity index (χ1n) is 10.0. The Morgan fingerprint density at radius 2 is 1.82 bits per heavy atom. The van der Waals surface area contributed by atoms with Gasteiger partial charge in [-0.1, -0.05) is 18.2 Å². The van der Waals surface area contributed by atoms with Crippen molar-refractivity contribution in [3.8, 4) is 11.5 Å². The van der Waals surface area contributed by atoms with Crippen molar-refractivity contribution in [2.75, 3.05) is 24.5 Å². The van der Waals surface area contributed by atoms with Gasteiger partial charge < -0.3 is 29.7 Å². The van der Waals surface area contributed by atoms with Gasteiger partial charge in [0.25, 0.3) is 5.91 Å². The van der Waals surface area contributed by atoms with Crippen LogP contribution in [0.25, 0.3) is 12.2 Å². The highest BCUT2D eigenvalue weighted by atomic mass is 16.7. The molecule has 9 nitrogen and oxygen atoms in total. The van der Waals surface area contributed by atoms with Gasteiger partial charge in [0.15, 0.2) is 11.5 Å². The van der Waals surface area contributed by atoms with Gasteiger partial charge in [-0.25, -0.2) is 9.59 Å². The van der Waals surface area contributed by atoms with Crippen molar-refractivity contribution in [2.24, 2.45) is 0 Å². The number of amides is 1. The maximum atomic E-state index is 12.5. The summed E-state index contributed by atoms with van der Waals surface area (Å²) in [5.41, 5.74) is 6.32. The molecule has 33 heavy (non-hydrogen) atoms. The Morgan fingerprint density at radius 3 is 2.55 bits per heavy atom. The van der Waals surface area contributed by atoms with Crippen LogP contribution >= 0.6 is 0 Å². The number of anilines is 2. The van der Waals surface area contributed by atoms with Crippen LogP contribution in [-0.4, -0.2) is 25.3 Å². The lowest BCUT2D eigenvalue weighted by Crippen LogP contribution is -2.20. The van der Waals surface area contributed by atoms with E-state index >= 15 is 0 Å². The van der Waals surface area contributed by atoms with Crippen LogP contribution in [0.15, 0.2) is 57.7 Å². The third-order valence-electron chi connectivity index (χ3n) is 4.75. The molecule has 0 fully saturated rings. The molecule has 2 heterocycles. The molecule has 0 radical (unpaired) electrons. The number of nitrogens with two attached hydrogens (primary N) is 1. The smallest absolute Gasteiger partial charge is 0.360 e. The first-order valence-corrected chi connectivity index (χ1v) is 10.0. The van der Waals surface area contributed by atoms with Crippen LogP contribution in [0.2, 0.25) is 0 Å². The summed E-state index contributed by atoms with van der Waals surface area (Å²) in [6, 6.07) is 12.9. The molecule has 1 amide bonds. The van der Waals surface area contributed by atoms with Gasteiger partial charge in [-0.2, -0.15) is 0 Å². The van der Waals surface area contributed by atoms with Crippen molar-refractivity contribution in [3.05, 3.63) is 81.4 Å². The van der Waals surface area contributed by atoms with E-state index in [1.165, 1.54) is 12.1 Å². The van der Waals surface area contributed by atoms with Gasteiger partial charge in [0.1, 0.15) is 17.0 Å². The molecule has 0 aliphatic carbocycles. The van der Waals surface area contributed by atoms with Crippen LogP contribution in [0.5, 0.6) is 11.5 Å². The minimum Gasteiger partial charge on any atom is -0.462 e. The average Bonchev–Trinajstić information content (AvgIpc) is 3.26. The predicted octanol–water partition coefficient (Wildman–Crippen LogP) is 3.55. The fourth-order valence-corrected chi connectivity index (χ4v) is 3.13. The molecule has 3 aromatic rings. The molecule has 4 rings (SSSR count).